The molecule has 7 nitrogen and oxygen atoms in total. The molecule has 4 rings (SSSR count). The number of alkyl halides is 3. The van der Waals surface area contributed by atoms with Gasteiger partial charge in [-0.15, -0.1) is 10.2 Å². The molecule has 10 heteroatoms. The fourth-order valence-corrected chi connectivity index (χ4v) is 3.38. The van der Waals surface area contributed by atoms with Crippen LogP contribution in [0.5, 0.6) is 0 Å². The maximum Gasteiger partial charge on any atom is 0.417 e. The molecule has 1 aromatic carbocycles. The SMILES string of the molecule is Cc1ccn(-c2ccc(N3CCN(C(=O)c4ccccc4C(F)(F)F)CC3)nn2)n1. The van der Waals surface area contributed by atoms with Gasteiger partial charge in [-0.05, 0) is 37.3 Å². The van der Waals surface area contributed by atoms with Gasteiger partial charge in [-0.1, -0.05) is 12.1 Å². The zero-order valence-corrected chi connectivity index (χ0v) is 16.2. The molecule has 30 heavy (non-hydrogen) atoms. The number of hydrogen-bond acceptors (Lipinski definition) is 5. The van der Waals surface area contributed by atoms with Crippen LogP contribution in [-0.4, -0.2) is 57.0 Å². The number of rotatable bonds is 3. The molecule has 3 aromatic rings. The van der Waals surface area contributed by atoms with Crippen LogP contribution < -0.4 is 4.90 Å². The minimum atomic E-state index is -4.57. The fraction of sp³-hybridized carbons (Fsp3) is 0.300. The second-order valence-electron chi connectivity index (χ2n) is 6.97. The van der Waals surface area contributed by atoms with Gasteiger partial charge < -0.3 is 9.80 Å². The number of carbonyl (C=O) groups is 1. The van der Waals surface area contributed by atoms with E-state index in [1.807, 2.05) is 24.0 Å². The van der Waals surface area contributed by atoms with Crippen LogP contribution in [0.4, 0.5) is 19.0 Å². The van der Waals surface area contributed by atoms with Gasteiger partial charge in [-0.3, -0.25) is 4.79 Å². The lowest BCUT2D eigenvalue weighted by Gasteiger charge is -2.35. The van der Waals surface area contributed by atoms with Gasteiger partial charge in [0.05, 0.1) is 16.8 Å². The third-order valence-electron chi connectivity index (χ3n) is 4.95. The van der Waals surface area contributed by atoms with Crippen LogP contribution in [0.15, 0.2) is 48.7 Å². The molecule has 0 radical (unpaired) electrons. The molecule has 0 aliphatic carbocycles. The number of amides is 1. The van der Waals surface area contributed by atoms with Gasteiger partial charge in [0.1, 0.15) is 0 Å². The molecule has 3 heterocycles. The van der Waals surface area contributed by atoms with Crippen molar-refractivity contribution in [2.75, 3.05) is 31.1 Å². The van der Waals surface area contributed by atoms with E-state index in [0.29, 0.717) is 37.8 Å². The topological polar surface area (TPSA) is 67.2 Å². The lowest BCUT2D eigenvalue weighted by molar-refractivity contribution is -0.138. The van der Waals surface area contributed by atoms with Crippen LogP contribution >= 0.6 is 0 Å². The summed E-state index contributed by atoms with van der Waals surface area (Å²) < 4.78 is 41.3. The van der Waals surface area contributed by atoms with Gasteiger partial charge in [0, 0.05) is 32.4 Å². The number of aromatic nitrogens is 4. The largest absolute Gasteiger partial charge is 0.417 e. The number of piperazine rings is 1. The van der Waals surface area contributed by atoms with Crippen LogP contribution in [0.2, 0.25) is 0 Å². The molecule has 1 aliphatic rings. The first kappa shape index (κ1) is 19.9. The van der Waals surface area contributed by atoms with E-state index in [1.54, 1.807) is 16.9 Å². The van der Waals surface area contributed by atoms with Gasteiger partial charge in [-0.25, -0.2) is 4.68 Å². The van der Waals surface area contributed by atoms with E-state index in [-0.39, 0.29) is 5.56 Å². The summed E-state index contributed by atoms with van der Waals surface area (Å²) in [4.78, 5) is 16.1. The number of halogens is 3. The highest BCUT2D eigenvalue weighted by Gasteiger charge is 2.36. The molecule has 1 aliphatic heterocycles. The van der Waals surface area contributed by atoms with E-state index in [0.717, 1.165) is 11.8 Å². The summed E-state index contributed by atoms with van der Waals surface area (Å²) in [5, 5.41) is 12.7. The van der Waals surface area contributed by atoms with Crippen molar-refractivity contribution in [2.45, 2.75) is 13.1 Å². The average molecular weight is 416 g/mol. The van der Waals surface area contributed by atoms with Gasteiger partial charge in [0.2, 0.25) is 0 Å². The van der Waals surface area contributed by atoms with Crippen molar-refractivity contribution in [3.05, 3.63) is 65.5 Å². The standard InChI is InChI=1S/C20H19F3N6O/c1-14-8-9-29(26-14)18-7-6-17(24-25-18)27-10-12-28(13-11-27)19(30)15-4-2-3-5-16(15)20(21,22)23/h2-9H,10-13H2,1H3. The monoisotopic (exact) mass is 416 g/mol. The van der Waals surface area contributed by atoms with Crippen molar-refractivity contribution in [1.82, 2.24) is 24.9 Å². The average Bonchev–Trinajstić information content (AvgIpc) is 3.19. The Hall–Kier alpha value is -3.43. The normalized spacial score (nSPS) is 14.8. The van der Waals surface area contributed by atoms with Crippen LogP contribution in [0, 0.1) is 6.92 Å². The molecule has 0 unspecified atom stereocenters. The second-order valence-corrected chi connectivity index (χ2v) is 6.97. The molecule has 0 saturated carbocycles. The number of carbonyl (C=O) groups excluding carboxylic acids is 1. The summed E-state index contributed by atoms with van der Waals surface area (Å²) in [5.41, 5.74) is -0.362. The Morgan fingerprint density at radius 3 is 2.20 bits per heavy atom. The summed E-state index contributed by atoms with van der Waals surface area (Å²) >= 11 is 0. The van der Waals surface area contributed by atoms with E-state index < -0.39 is 17.6 Å². The van der Waals surface area contributed by atoms with E-state index >= 15 is 0 Å². The first-order valence-corrected chi connectivity index (χ1v) is 9.40. The van der Waals surface area contributed by atoms with Gasteiger partial charge in [0.15, 0.2) is 11.6 Å². The minimum absolute atomic E-state index is 0.298. The molecule has 1 saturated heterocycles. The lowest BCUT2D eigenvalue weighted by Crippen LogP contribution is -2.49. The van der Waals surface area contributed by atoms with E-state index in [4.69, 9.17) is 0 Å². The quantitative estimate of drug-likeness (QED) is 0.657. The molecule has 0 spiro atoms. The molecular formula is C20H19F3N6O. The van der Waals surface area contributed by atoms with Crippen LogP contribution in [0.25, 0.3) is 5.82 Å². The first-order chi connectivity index (χ1) is 14.3. The highest BCUT2D eigenvalue weighted by Crippen LogP contribution is 2.32. The number of hydrogen-bond donors (Lipinski definition) is 0. The summed E-state index contributed by atoms with van der Waals surface area (Å²) in [6.45, 7) is 3.38. The molecule has 1 amide bonds. The van der Waals surface area contributed by atoms with E-state index in [9.17, 15) is 18.0 Å². The highest BCUT2D eigenvalue weighted by molar-refractivity contribution is 5.96. The molecular weight excluding hydrogens is 397 g/mol. The lowest BCUT2D eigenvalue weighted by atomic mass is 10.1. The summed E-state index contributed by atoms with van der Waals surface area (Å²) in [7, 11) is 0. The summed E-state index contributed by atoms with van der Waals surface area (Å²) in [6.07, 6.45) is -2.78. The second kappa shape index (κ2) is 7.77. The molecule has 0 N–H and O–H groups in total. The summed E-state index contributed by atoms with van der Waals surface area (Å²) in [5.74, 6) is 0.618. The van der Waals surface area contributed by atoms with Crippen molar-refractivity contribution < 1.29 is 18.0 Å². The predicted octanol–water partition coefficient (Wildman–Crippen LogP) is 2.95. The van der Waals surface area contributed by atoms with Gasteiger partial charge >= 0.3 is 6.18 Å². The molecule has 1 fully saturated rings. The Labute approximate surface area is 170 Å². The van der Waals surface area contributed by atoms with Gasteiger partial charge in [-0.2, -0.15) is 18.3 Å². The number of anilines is 1. The Bertz CT molecular complexity index is 1040. The number of nitrogens with zero attached hydrogens (tertiary/aromatic N) is 6. The fourth-order valence-electron chi connectivity index (χ4n) is 3.38. The Morgan fingerprint density at radius 1 is 0.933 bits per heavy atom. The maximum absolute atomic E-state index is 13.2. The number of benzene rings is 1. The predicted molar refractivity (Wildman–Crippen MR) is 103 cm³/mol. The minimum Gasteiger partial charge on any atom is -0.352 e. The molecule has 0 atom stereocenters. The van der Waals surface area contributed by atoms with Crippen LogP contribution in [0.1, 0.15) is 21.6 Å². The number of aryl methyl sites for hydroxylation is 1. The van der Waals surface area contributed by atoms with Crippen molar-refractivity contribution in [3.8, 4) is 5.82 Å². The van der Waals surface area contributed by atoms with Crippen molar-refractivity contribution >= 4 is 11.7 Å². The van der Waals surface area contributed by atoms with Crippen molar-refractivity contribution in [2.24, 2.45) is 0 Å². The first-order valence-electron chi connectivity index (χ1n) is 9.40. The third-order valence-corrected chi connectivity index (χ3v) is 4.95. The van der Waals surface area contributed by atoms with E-state index in [1.165, 1.54) is 23.1 Å². The van der Waals surface area contributed by atoms with E-state index in [2.05, 4.69) is 15.3 Å². The molecule has 0 bridgehead atoms. The summed E-state index contributed by atoms with van der Waals surface area (Å²) in [6, 6.07) is 10.4. The van der Waals surface area contributed by atoms with Gasteiger partial charge in [0.25, 0.3) is 5.91 Å². The molecule has 2 aromatic heterocycles. The zero-order valence-electron chi connectivity index (χ0n) is 16.2. The van der Waals surface area contributed by atoms with Crippen LogP contribution in [-0.2, 0) is 6.18 Å². The van der Waals surface area contributed by atoms with Crippen LogP contribution in [0.3, 0.4) is 0 Å². The Morgan fingerprint density at radius 2 is 1.60 bits per heavy atom. The molecule has 156 valence electrons. The van der Waals surface area contributed by atoms with Crippen molar-refractivity contribution in [1.29, 1.82) is 0 Å². The zero-order chi connectivity index (χ0) is 21.3. The smallest absolute Gasteiger partial charge is 0.352 e. The maximum atomic E-state index is 13.2. The highest BCUT2D eigenvalue weighted by atomic mass is 19.4. The third kappa shape index (κ3) is 3.98. The Balaban J connectivity index is 1.42. The Kier molecular flexibility index (Phi) is 5.15. The van der Waals surface area contributed by atoms with Crippen molar-refractivity contribution in [3.63, 3.8) is 0 Å².